The summed E-state index contributed by atoms with van der Waals surface area (Å²) in [5, 5.41) is 6.68. The molecule has 1 saturated heterocycles. The van der Waals surface area contributed by atoms with Gasteiger partial charge in [-0.15, -0.1) is 0 Å². The van der Waals surface area contributed by atoms with Crippen LogP contribution >= 0.6 is 0 Å². The first-order valence-electron chi connectivity index (χ1n) is 6.73. The van der Waals surface area contributed by atoms with Crippen molar-refractivity contribution in [1.82, 2.24) is 15.1 Å². The quantitative estimate of drug-likeness (QED) is 0.825. The first-order valence-corrected chi connectivity index (χ1v) is 6.73. The van der Waals surface area contributed by atoms with Crippen LogP contribution in [0.1, 0.15) is 24.8 Å². The van der Waals surface area contributed by atoms with Crippen molar-refractivity contribution in [2.75, 3.05) is 13.1 Å². The molecule has 3 rings (SSSR count). The first-order chi connectivity index (χ1) is 8.83. The van der Waals surface area contributed by atoms with Crippen LogP contribution in [0.15, 0.2) is 24.5 Å². The number of likely N-dealkylation sites (tertiary alicyclic amines) is 1. The minimum absolute atomic E-state index is 0.297. The van der Waals surface area contributed by atoms with Gasteiger partial charge >= 0.3 is 0 Å². The Morgan fingerprint density at radius 3 is 2.67 bits per heavy atom. The largest absolute Gasteiger partial charge is 0.342 e. The van der Waals surface area contributed by atoms with Crippen molar-refractivity contribution in [3.63, 3.8) is 0 Å². The van der Waals surface area contributed by atoms with Crippen LogP contribution < -0.4 is 0 Å². The number of rotatable bonds is 3. The molecule has 1 aromatic heterocycles. The summed E-state index contributed by atoms with van der Waals surface area (Å²) >= 11 is 0. The number of aromatic nitrogens is 2. The number of nitrogens with one attached hydrogen (secondary N) is 1. The van der Waals surface area contributed by atoms with E-state index in [0.29, 0.717) is 24.2 Å². The molecule has 1 fully saturated rings. The molecule has 2 atom stereocenters. The Morgan fingerprint density at radius 1 is 1.33 bits per heavy atom. The van der Waals surface area contributed by atoms with Crippen LogP contribution in [0.4, 0.5) is 0 Å². The molecule has 4 nitrogen and oxygen atoms in total. The molecule has 2 aliphatic rings. The maximum atomic E-state index is 12.2. The molecular formula is C14H19N3O. The van der Waals surface area contributed by atoms with E-state index in [9.17, 15) is 4.79 Å². The zero-order valence-corrected chi connectivity index (χ0v) is 10.5. The van der Waals surface area contributed by atoms with Crippen molar-refractivity contribution in [3.05, 3.63) is 30.1 Å². The summed E-state index contributed by atoms with van der Waals surface area (Å²) < 4.78 is 0. The highest BCUT2D eigenvalue weighted by Crippen LogP contribution is 2.32. The van der Waals surface area contributed by atoms with Gasteiger partial charge in [-0.25, -0.2) is 0 Å². The minimum Gasteiger partial charge on any atom is -0.342 e. The highest BCUT2D eigenvalue weighted by Gasteiger charge is 2.34. The number of H-pyrrole nitrogens is 1. The lowest BCUT2D eigenvalue weighted by Gasteiger charge is -2.17. The number of aromatic amines is 1. The molecule has 4 heteroatoms. The number of hydrogen-bond acceptors (Lipinski definition) is 2. The number of allylic oxidation sites excluding steroid dienone is 2. The summed E-state index contributed by atoms with van der Waals surface area (Å²) in [6.07, 6.45) is 11.9. The van der Waals surface area contributed by atoms with Gasteiger partial charge in [-0.05, 0) is 36.7 Å². The number of carbonyl (C=O) groups is 1. The average molecular weight is 245 g/mol. The molecule has 18 heavy (non-hydrogen) atoms. The van der Waals surface area contributed by atoms with Gasteiger partial charge in [0, 0.05) is 25.7 Å². The van der Waals surface area contributed by atoms with E-state index < -0.39 is 0 Å². The smallest absolute Gasteiger partial charge is 0.222 e. The van der Waals surface area contributed by atoms with Gasteiger partial charge in [0.25, 0.3) is 0 Å². The van der Waals surface area contributed by atoms with E-state index in [4.69, 9.17) is 0 Å². The second kappa shape index (κ2) is 4.96. The number of fused-ring (bicyclic) bond motifs is 1. The molecule has 1 aromatic rings. The van der Waals surface area contributed by atoms with Gasteiger partial charge in [0.05, 0.1) is 6.20 Å². The molecule has 0 spiro atoms. The van der Waals surface area contributed by atoms with E-state index in [1.54, 1.807) is 6.20 Å². The Kier molecular flexibility index (Phi) is 3.17. The van der Waals surface area contributed by atoms with Gasteiger partial charge in [0.1, 0.15) is 0 Å². The summed E-state index contributed by atoms with van der Waals surface area (Å²) in [7, 11) is 0. The summed E-state index contributed by atoms with van der Waals surface area (Å²) in [4.78, 5) is 14.2. The van der Waals surface area contributed by atoms with E-state index in [1.807, 2.05) is 6.20 Å². The second-order valence-electron chi connectivity index (χ2n) is 5.37. The van der Waals surface area contributed by atoms with Crippen molar-refractivity contribution in [1.29, 1.82) is 0 Å². The van der Waals surface area contributed by atoms with E-state index >= 15 is 0 Å². The molecular weight excluding hydrogens is 226 g/mol. The third-order valence-corrected chi connectivity index (χ3v) is 4.16. The zero-order valence-electron chi connectivity index (χ0n) is 10.5. The lowest BCUT2D eigenvalue weighted by atomic mass is 9.86. The number of hydrogen-bond donors (Lipinski definition) is 1. The fourth-order valence-electron chi connectivity index (χ4n) is 3.04. The minimum atomic E-state index is 0.297. The van der Waals surface area contributed by atoms with Crippen molar-refractivity contribution in [2.45, 2.75) is 25.7 Å². The number of carbonyl (C=O) groups excluding carboxylic acids is 1. The molecule has 1 amide bonds. The van der Waals surface area contributed by atoms with Gasteiger partial charge < -0.3 is 4.90 Å². The molecule has 0 unspecified atom stereocenters. The van der Waals surface area contributed by atoms with E-state index in [1.165, 1.54) is 0 Å². The van der Waals surface area contributed by atoms with Crippen LogP contribution in [-0.2, 0) is 11.2 Å². The monoisotopic (exact) mass is 245 g/mol. The molecule has 0 bridgehead atoms. The Bertz CT molecular complexity index is 422. The van der Waals surface area contributed by atoms with E-state index in [-0.39, 0.29) is 0 Å². The van der Waals surface area contributed by atoms with Crippen LogP contribution in [-0.4, -0.2) is 34.1 Å². The van der Waals surface area contributed by atoms with E-state index in [0.717, 1.165) is 37.9 Å². The third kappa shape index (κ3) is 2.33. The fraction of sp³-hybridized carbons (Fsp3) is 0.571. The predicted molar refractivity (Wildman–Crippen MR) is 68.8 cm³/mol. The standard InChI is InChI=1S/C14H19N3O/c18-14(6-5-11-7-15-16-8-11)17-9-12-3-1-2-4-13(12)10-17/h1-2,7-8,12-13H,3-6,9-10H2,(H,15,16)/t12-,13+. The molecule has 1 aliphatic heterocycles. The normalized spacial score (nSPS) is 26.3. The van der Waals surface area contributed by atoms with Gasteiger partial charge in [0.2, 0.25) is 5.91 Å². The number of aryl methyl sites for hydroxylation is 1. The molecule has 96 valence electrons. The Hall–Kier alpha value is -1.58. The molecule has 0 aromatic carbocycles. The highest BCUT2D eigenvalue weighted by molar-refractivity contribution is 5.76. The molecule has 2 heterocycles. The van der Waals surface area contributed by atoms with Gasteiger partial charge in [-0.3, -0.25) is 9.89 Å². The van der Waals surface area contributed by atoms with Crippen molar-refractivity contribution >= 4 is 5.91 Å². The van der Waals surface area contributed by atoms with Crippen LogP contribution in [0.25, 0.3) is 0 Å². The van der Waals surface area contributed by atoms with Crippen LogP contribution in [0.3, 0.4) is 0 Å². The summed E-state index contributed by atoms with van der Waals surface area (Å²) in [5.41, 5.74) is 1.11. The highest BCUT2D eigenvalue weighted by atomic mass is 16.2. The van der Waals surface area contributed by atoms with Crippen molar-refractivity contribution in [3.8, 4) is 0 Å². The molecule has 0 saturated carbocycles. The van der Waals surface area contributed by atoms with Gasteiger partial charge in [-0.1, -0.05) is 12.2 Å². The van der Waals surface area contributed by atoms with Crippen LogP contribution in [0.2, 0.25) is 0 Å². The number of amides is 1. The molecule has 1 N–H and O–H groups in total. The third-order valence-electron chi connectivity index (χ3n) is 4.16. The average Bonchev–Trinajstić information content (AvgIpc) is 3.04. The van der Waals surface area contributed by atoms with Crippen LogP contribution in [0, 0.1) is 11.8 Å². The Labute approximate surface area is 107 Å². The first kappa shape index (κ1) is 11.5. The van der Waals surface area contributed by atoms with Gasteiger partial charge in [-0.2, -0.15) is 5.10 Å². The predicted octanol–water partition coefficient (Wildman–Crippen LogP) is 1.77. The van der Waals surface area contributed by atoms with E-state index in [2.05, 4.69) is 27.2 Å². The zero-order chi connectivity index (χ0) is 12.4. The SMILES string of the molecule is O=C(CCc1cn[nH]c1)N1C[C@H]2CC=CC[C@H]2C1. The Balaban J connectivity index is 1.52. The van der Waals surface area contributed by atoms with Crippen molar-refractivity contribution < 1.29 is 4.79 Å². The molecule has 0 radical (unpaired) electrons. The van der Waals surface area contributed by atoms with Gasteiger partial charge in [0.15, 0.2) is 0 Å². The molecule has 1 aliphatic carbocycles. The summed E-state index contributed by atoms with van der Waals surface area (Å²) in [6.45, 7) is 1.92. The lowest BCUT2D eigenvalue weighted by Crippen LogP contribution is -2.29. The Morgan fingerprint density at radius 2 is 2.06 bits per heavy atom. The van der Waals surface area contributed by atoms with Crippen LogP contribution in [0.5, 0.6) is 0 Å². The maximum Gasteiger partial charge on any atom is 0.222 e. The number of nitrogens with zero attached hydrogens (tertiary/aromatic N) is 2. The summed E-state index contributed by atoms with van der Waals surface area (Å²) in [6, 6.07) is 0. The fourth-order valence-corrected chi connectivity index (χ4v) is 3.04. The lowest BCUT2D eigenvalue weighted by molar-refractivity contribution is -0.130. The topological polar surface area (TPSA) is 49.0 Å². The maximum absolute atomic E-state index is 12.2. The summed E-state index contributed by atoms with van der Waals surface area (Å²) in [5.74, 6) is 1.70. The second-order valence-corrected chi connectivity index (χ2v) is 5.37. The van der Waals surface area contributed by atoms with Crippen molar-refractivity contribution in [2.24, 2.45) is 11.8 Å².